The van der Waals surface area contributed by atoms with Crippen LogP contribution in [0.5, 0.6) is 0 Å². The lowest BCUT2D eigenvalue weighted by Crippen LogP contribution is -2.39. The van der Waals surface area contributed by atoms with Crippen molar-refractivity contribution in [2.24, 2.45) is 5.92 Å². The summed E-state index contributed by atoms with van der Waals surface area (Å²) in [6.45, 7) is 10.4. The standard InChI is InChI=1S/C17H28N2O3S/c1-13(2)16(20)18-11-12-19(23(6,21)22)15-9-7-14(8-10-15)17(3,4)5/h7-10,13H,11-12H2,1-6H3,(H,18,20). The highest BCUT2D eigenvalue weighted by molar-refractivity contribution is 7.92. The van der Waals surface area contributed by atoms with E-state index in [1.54, 1.807) is 13.8 Å². The summed E-state index contributed by atoms with van der Waals surface area (Å²) in [7, 11) is -3.40. The second kappa shape index (κ2) is 7.34. The predicted molar refractivity (Wildman–Crippen MR) is 95.2 cm³/mol. The van der Waals surface area contributed by atoms with Crippen molar-refractivity contribution in [2.45, 2.75) is 40.0 Å². The van der Waals surface area contributed by atoms with Crippen molar-refractivity contribution >= 4 is 21.6 Å². The normalized spacial score (nSPS) is 12.3. The number of carbonyl (C=O) groups is 1. The highest BCUT2D eigenvalue weighted by Crippen LogP contribution is 2.25. The van der Waals surface area contributed by atoms with Gasteiger partial charge in [-0.25, -0.2) is 8.42 Å². The van der Waals surface area contributed by atoms with Gasteiger partial charge in [0.15, 0.2) is 0 Å². The highest BCUT2D eigenvalue weighted by Gasteiger charge is 2.19. The molecule has 0 bridgehead atoms. The van der Waals surface area contributed by atoms with E-state index in [4.69, 9.17) is 0 Å². The fourth-order valence-corrected chi connectivity index (χ4v) is 3.03. The minimum atomic E-state index is -3.40. The summed E-state index contributed by atoms with van der Waals surface area (Å²) in [5.41, 5.74) is 1.77. The number of sulfonamides is 1. The Balaban J connectivity index is 2.89. The molecular formula is C17H28N2O3S. The first-order valence-corrected chi connectivity index (χ1v) is 9.63. The molecule has 0 aromatic heterocycles. The second-order valence-electron chi connectivity index (χ2n) is 7.08. The molecular weight excluding hydrogens is 312 g/mol. The second-order valence-corrected chi connectivity index (χ2v) is 8.98. The zero-order valence-electron chi connectivity index (χ0n) is 14.9. The fourth-order valence-electron chi connectivity index (χ4n) is 2.10. The van der Waals surface area contributed by atoms with Crippen molar-refractivity contribution in [1.29, 1.82) is 0 Å². The molecule has 0 fully saturated rings. The lowest BCUT2D eigenvalue weighted by Gasteiger charge is -2.25. The number of amides is 1. The van der Waals surface area contributed by atoms with Crippen LogP contribution < -0.4 is 9.62 Å². The summed E-state index contributed by atoms with van der Waals surface area (Å²) in [5.74, 6) is -0.200. The number of nitrogens with zero attached hydrogens (tertiary/aromatic N) is 1. The van der Waals surface area contributed by atoms with Crippen molar-refractivity contribution < 1.29 is 13.2 Å². The van der Waals surface area contributed by atoms with Gasteiger partial charge in [-0.2, -0.15) is 0 Å². The molecule has 0 saturated heterocycles. The number of rotatable bonds is 6. The zero-order valence-corrected chi connectivity index (χ0v) is 15.7. The van der Waals surface area contributed by atoms with Crippen LogP contribution in [0.25, 0.3) is 0 Å². The Morgan fingerprint density at radius 1 is 1.17 bits per heavy atom. The smallest absolute Gasteiger partial charge is 0.232 e. The van der Waals surface area contributed by atoms with Crippen LogP contribution >= 0.6 is 0 Å². The molecule has 23 heavy (non-hydrogen) atoms. The summed E-state index contributed by atoms with van der Waals surface area (Å²) in [5, 5.41) is 2.75. The maximum absolute atomic E-state index is 12.0. The van der Waals surface area contributed by atoms with Gasteiger partial charge in [0.05, 0.1) is 18.5 Å². The first kappa shape index (κ1) is 19.5. The van der Waals surface area contributed by atoms with Gasteiger partial charge in [0.2, 0.25) is 15.9 Å². The third-order valence-corrected chi connectivity index (χ3v) is 4.75. The summed E-state index contributed by atoms with van der Waals surface area (Å²) >= 11 is 0. The van der Waals surface area contributed by atoms with Crippen molar-refractivity contribution in [3.05, 3.63) is 29.8 Å². The van der Waals surface area contributed by atoms with Gasteiger partial charge in [-0.1, -0.05) is 46.8 Å². The molecule has 0 aliphatic heterocycles. The van der Waals surface area contributed by atoms with E-state index in [0.29, 0.717) is 5.69 Å². The van der Waals surface area contributed by atoms with Crippen LogP contribution in [-0.2, 0) is 20.2 Å². The van der Waals surface area contributed by atoms with Gasteiger partial charge in [-0.3, -0.25) is 9.10 Å². The van der Waals surface area contributed by atoms with Crippen LogP contribution in [0.4, 0.5) is 5.69 Å². The molecule has 1 aromatic rings. The Morgan fingerprint density at radius 2 is 1.70 bits per heavy atom. The zero-order chi connectivity index (χ0) is 17.8. The van der Waals surface area contributed by atoms with E-state index >= 15 is 0 Å². The van der Waals surface area contributed by atoms with Gasteiger partial charge >= 0.3 is 0 Å². The number of carbonyl (C=O) groups excluding carboxylic acids is 1. The van der Waals surface area contributed by atoms with Crippen molar-refractivity contribution in [2.75, 3.05) is 23.7 Å². The topological polar surface area (TPSA) is 66.5 Å². The van der Waals surface area contributed by atoms with Gasteiger partial charge in [0, 0.05) is 12.5 Å². The van der Waals surface area contributed by atoms with E-state index in [1.165, 1.54) is 10.6 Å². The largest absolute Gasteiger partial charge is 0.354 e. The number of hydrogen-bond acceptors (Lipinski definition) is 3. The van der Waals surface area contributed by atoms with Crippen LogP contribution in [0.1, 0.15) is 40.2 Å². The van der Waals surface area contributed by atoms with E-state index in [-0.39, 0.29) is 30.3 Å². The molecule has 0 radical (unpaired) electrons. The van der Waals surface area contributed by atoms with Crippen molar-refractivity contribution in [3.8, 4) is 0 Å². The molecule has 0 heterocycles. The number of hydrogen-bond donors (Lipinski definition) is 1. The quantitative estimate of drug-likeness (QED) is 0.865. The molecule has 0 atom stereocenters. The van der Waals surface area contributed by atoms with Crippen LogP contribution in [-0.4, -0.2) is 33.7 Å². The minimum absolute atomic E-state index is 0.0136. The molecule has 1 aromatic carbocycles. The van der Waals surface area contributed by atoms with Crippen molar-refractivity contribution in [1.82, 2.24) is 5.32 Å². The molecule has 0 aliphatic carbocycles. The van der Waals surface area contributed by atoms with Gasteiger partial charge in [0.25, 0.3) is 0 Å². The average molecular weight is 340 g/mol. The lowest BCUT2D eigenvalue weighted by molar-refractivity contribution is -0.123. The molecule has 5 nitrogen and oxygen atoms in total. The summed E-state index contributed by atoms with van der Waals surface area (Å²) in [6.07, 6.45) is 1.18. The van der Waals surface area contributed by atoms with Crippen LogP contribution in [0.2, 0.25) is 0 Å². The van der Waals surface area contributed by atoms with E-state index in [9.17, 15) is 13.2 Å². The third kappa shape index (κ3) is 5.86. The molecule has 0 unspecified atom stereocenters. The van der Waals surface area contributed by atoms with E-state index in [1.807, 2.05) is 24.3 Å². The van der Waals surface area contributed by atoms with Gasteiger partial charge in [0.1, 0.15) is 0 Å². The Hall–Kier alpha value is -1.56. The SMILES string of the molecule is CC(C)C(=O)NCCN(c1ccc(C(C)(C)C)cc1)S(C)(=O)=O. The summed E-state index contributed by atoms with van der Waals surface area (Å²) in [6, 6.07) is 7.51. The van der Waals surface area contributed by atoms with E-state index in [0.717, 1.165) is 5.56 Å². The fraction of sp³-hybridized carbons (Fsp3) is 0.588. The molecule has 1 N–H and O–H groups in total. The average Bonchev–Trinajstić information content (AvgIpc) is 2.41. The van der Waals surface area contributed by atoms with Gasteiger partial charge in [-0.05, 0) is 23.1 Å². The minimum Gasteiger partial charge on any atom is -0.354 e. The monoisotopic (exact) mass is 340 g/mol. The molecule has 0 aliphatic rings. The van der Waals surface area contributed by atoms with Gasteiger partial charge < -0.3 is 5.32 Å². The Morgan fingerprint density at radius 3 is 2.09 bits per heavy atom. The highest BCUT2D eigenvalue weighted by atomic mass is 32.2. The van der Waals surface area contributed by atoms with Crippen LogP contribution in [0.15, 0.2) is 24.3 Å². The first-order valence-electron chi connectivity index (χ1n) is 7.79. The molecule has 0 saturated carbocycles. The molecule has 1 amide bonds. The number of nitrogens with one attached hydrogen (secondary N) is 1. The Bertz CT molecular complexity index is 629. The molecule has 0 spiro atoms. The third-order valence-electron chi connectivity index (χ3n) is 3.56. The Kier molecular flexibility index (Phi) is 6.22. The van der Waals surface area contributed by atoms with E-state index in [2.05, 4.69) is 26.1 Å². The van der Waals surface area contributed by atoms with Crippen LogP contribution in [0.3, 0.4) is 0 Å². The summed E-state index contributed by atoms with van der Waals surface area (Å²) < 4.78 is 25.4. The first-order chi connectivity index (χ1) is 10.4. The van der Waals surface area contributed by atoms with Gasteiger partial charge in [-0.15, -0.1) is 0 Å². The molecule has 130 valence electrons. The van der Waals surface area contributed by atoms with Crippen LogP contribution in [0, 0.1) is 5.92 Å². The maximum Gasteiger partial charge on any atom is 0.232 e. The van der Waals surface area contributed by atoms with E-state index < -0.39 is 10.0 Å². The number of anilines is 1. The Labute approximate surface area is 140 Å². The van der Waals surface area contributed by atoms with Crippen molar-refractivity contribution in [3.63, 3.8) is 0 Å². The number of benzene rings is 1. The maximum atomic E-state index is 12.0. The lowest BCUT2D eigenvalue weighted by atomic mass is 9.87. The summed E-state index contributed by atoms with van der Waals surface area (Å²) in [4.78, 5) is 11.6. The predicted octanol–water partition coefficient (Wildman–Crippen LogP) is 2.52. The molecule has 1 rings (SSSR count). The molecule has 6 heteroatoms.